The number of fused-ring (bicyclic) bond motifs is 1. The predicted molar refractivity (Wildman–Crippen MR) is 81.4 cm³/mol. The van der Waals surface area contributed by atoms with E-state index in [-0.39, 0.29) is 0 Å². The molecule has 0 atom stereocenters. The van der Waals surface area contributed by atoms with Crippen LogP contribution in [-0.2, 0) is 0 Å². The molecule has 0 spiro atoms. The molecule has 0 aliphatic heterocycles. The quantitative estimate of drug-likeness (QED) is 0.570. The maximum Gasteiger partial charge on any atom is 0.0119 e. The Kier molecular flexibility index (Phi) is 2.85. The Hall–Kier alpha value is -1.73. The van der Waals surface area contributed by atoms with Crippen LogP contribution < -0.4 is 0 Å². The Morgan fingerprint density at radius 1 is 0.722 bits per heavy atom. The average molecular weight is 250 g/mol. The molecule has 1 heteroatoms. The molecule has 0 amide bonds. The van der Waals surface area contributed by atoms with Crippen LogP contribution in [0.25, 0.3) is 21.9 Å². The molecule has 3 rings (SSSR count). The van der Waals surface area contributed by atoms with Crippen LogP contribution in [0.3, 0.4) is 0 Å². The summed E-state index contributed by atoms with van der Waals surface area (Å²) in [7, 11) is 0. The summed E-state index contributed by atoms with van der Waals surface area (Å²) in [5.74, 6) is 0. The predicted octanol–water partition coefficient (Wildman–Crippen LogP) is 5.10. The molecule has 88 valence electrons. The minimum Gasteiger partial charge on any atom is -0.143 e. The molecular weight excluding hydrogens is 236 g/mol. The van der Waals surface area contributed by atoms with E-state index in [9.17, 15) is 0 Å². The van der Waals surface area contributed by atoms with E-state index in [4.69, 9.17) is 0 Å². The van der Waals surface area contributed by atoms with Gasteiger partial charge in [0.1, 0.15) is 0 Å². The fourth-order valence-electron chi connectivity index (χ4n) is 2.42. The van der Waals surface area contributed by atoms with Crippen molar-refractivity contribution in [1.29, 1.82) is 0 Å². The zero-order valence-corrected chi connectivity index (χ0v) is 11.1. The van der Waals surface area contributed by atoms with E-state index in [2.05, 4.69) is 68.1 Å². The van der Waals surface area contributed by atoms with Gasteiger partial charge in [0.25, 0.3) is 0 Å². The van der Waals surface area contributed by atoms with Crippen molar-refractivity contribution in [3.05, 3.63) is 66.2 Å². The maximum atomic E-state index is 4.55. The molecule has 0 saturated heterocycles. The second-order valence-electron chi connectivity index (χ2n) is 4.48. The fraction of sp³-hybridized carbons (Fsp3) is 0.0588. The third-order valence-electron chi connectivity index (χ3n) is 3.39. The Balaban J connectivity index is 2.31. The molecule has 0 nitrogen and oxygen atoms in total. The van der Waals surface area contributed by atoms with Crippen LogP contribution in [0.1, 0.15) is 5.56 Å². The van der Waals surface area contributed by atoms with Gasteiger partial charge >= 0.3 is 0 Å². The van der Waals surface area contributed by atoms with Crippen LogP contribution in [0.4, 0.5) is 0 Å². The zero-order chi connectivity index (χ0) is 12.5. The first-order valence-corrected chi connectivity index (χ1v) is 6.49. The molecule has 0 fully saturated rings. The SMILES string of the molecule is Cc1c(-c2ccccc2S)ccc2ccccc12. The van der Waals surface area contributed by atoms with Crippen LogP contribution in [-0.4, -0.2) is 0 Å². The van der Waals surface area contributed by atoms with Gasteiger partial charge in [-0.3, -0.25) is 0 Å². The molecule has 0 aliphatic carbocycles. The maximum absolute atomic E-state index is 4.55. The molecule has 0 saturated carbocycles. The van der Waals surface area contributed by atoms with Gasteiger partial charge in [-0.25, -0.2) is 0 Å². The first-order chi connectivity index (χ1) is 8.77. The molecule has 0 aromatic heterocycles. The number of rotatable bonds is 1. The van der Waals surface area contributed by atoms with Gasteiger partial charge in [-0.1, -0.05) is 54.6 Å². The second-order valence-corrected chi connectivity index (χ2v) is 4.96. The second kappa shape index (κ2) is 4.51. The van der Waals surface area contributed by atoms with Crippen molar-refractivity contribution in [2.24, 2.45) is 0 Å². The summed E-state index contributed by atoms with van der Waals surface area (Å²) in [6, 6.07) is 21.1. The van der Waals surface area contributed by atoms with Gasteiger partial charge < -0.3 is 0 Å². The van der Waals surface area contributed by atoms with Crippen LogP contribution in [0, 0.1) is 6.92 Å². The topological polar surface area (TPSA) is 0 Å². The van der Waals surface area contributed by atoms with E-state index < -0.39 is 0 Å². The molecule has 0 bridgehead atoms. The van der Waals surface area contributed by atoms with Crippen molar-refractivity contribution in [2.45, 2.75) is 11.8 Å². The van der Waals surface area contributed by atoms with Gasteiger partial charge in [-0.05, 0) is 40.5 Å². The van der Waals surface area contributed by atoms with E-state index in [0.717, 1.165) is 4.90 Å². The summed E-state index contributed by atoms with van der Waals surface area (Å²) in [5.41, 5.74) is 3.78. The molecule has 0 N–H and O–H groups in total. The molecule has 0 aliphatic rings. The number of hydrogen-bond donors (Lipinski definition) is 1. The lowest BCUT2D eigenvalue weighted by Crippen LogP contribution is -1.86. The lowest BCUT2D eigenvalue weighted by molar-refractivity contribution is 1.42. The molecule has 3 aromatic carbocycles. The summed E-state index contributed by atoms with van der Waals surface area (Å²) in [6.45, 7) is 2.18. The first-order valence-electron chi connectivity index (χ1n) is 6.04. The van der Waals surface area contributed by atoms with Crippen molar-refractivity contribution in [3.63, 3.8) is 0 Å². The zero-order valence-electron chi connectivity index (χ0n) is 10.2. The van der Waals surface area contributed by atoms with E-state index >= 15 is 0 Å². The highest BCUT2D eigenvalue weighted by atomic mass is 32.1. The molecular formula is C17H14S. The normalized spacial score (nSPS) is 10.8. The highest BCUT2D eigenvalue weighted by molar-refractivity contribution is 7.80. The van der Waals surface area contributed by atoms with Gasteiger partial charge in [-0.2, -0.15) is 0 Å². The van der Waals surface area contributed by atoms with E-state index in [0.29, 0.717) is 0 Å². The molecule has 0 heterocycles. The van der Waals surface area contributed by atoms with Crippen molar-refractivity contribution in [3.8, 4) is 11.1 Å². The Morgan fingerprint density at radius 2 is 1.44 bits per heavy atom. The molecule has 0 radical (unpaired) electrons. The van der Waals surface area contributed by atoms with Crippen LogP contribution in [0.2, 0.25) is 0 Å². The van der Waals surface area contributed by atoms with Crippen LogP contribution >= 0.6 is 12.6 Å². The van der Waals surface area contributed by atoms with Crippen molar-refractivity contribution in [1.82, 2.24) is 0 Å². The summed E-state index contributed by atoms with van der Waals surface area (Å²) < 4.78 is 0. The minimum atomic E-state index is 1.02. The van der Waals surface area contributed by atoms with Crippen LogP contribution in [0.5, 0.6) is 0 Å². The Bertz CT molecular complexity index is 714. The number of aryl methyl sites for hydroxylation is 1. The lowest BCUT2D eigenvalue weighted by Gasteiger charge is -2.11. The van der Waals surface area contributed by atoms with Crippen molar-refractivity contribution in [2.75, 3.05) is 0 Å². The smallest absolute Gasteiger partial charge is 0.0119 e. The van der Waals surface area contributed by atoms with Crippen molar-refractivity contribution >= 4 is 23.4 Å². The van der Waals surface area contributed by atoms with Gasteiger partial charge in [0.2, 0.25) is 0 Å². The summed E-state index contributed by atoms with van der Waals surface area (Å²) >= 11 is 4.55. The Labute approximate surface area is 113 Å². The van der Waals surface area contributed by atoms with E-state index in [1.807, 2.05) is 12.1 Å². The first kappa shape index (κ1) is 11.4. The van der Waals surface area contributed by atoms with Gasteiger partial charge in [0, 0.05) is 4.90 Å². The van der Waals surface area contributed by atoms with Gasteiger partial charge in [-0.15, -0.1) is 12.6 Å². The molecule has 3 aromatic rings. The Morgan fingerprint density at radius 3 is 2.28 bits per heavy atom. The highest BCUT2D eigenvalue weighted by Crippen LogP contribution is 2.32. The minimum absolute atomic E-state index is 1.02. The third kappa shape index (κ3) is 1.81. The third-order valence-corrected chi connectivity index (χ3v) is 3.78. The largest absolute Gasteiger partial charge is 0.143 e. The number of hydrogen-bond acceptors (Lipinski definition) is 1. The standard InChI is InChI=1S/C17H14S/c1-12-14-7-3-2-6-13(14)10-11-15(12)16-8-4-5-9-17(16)18/h2-11,18H,1H3. The fourth-order valence-corrected chi connectivity index (χ4v) is 2.70. The molecule has 0 unspecified atom stereocenters. The lowest BCUT2D eigenvalue weighted by atomic mass is 9.95. The summed E-state index contributed by atoms with van der Waals surface area (Å²) in [5, 5.41) is 2.60. The van der Waals surface area contributed by atoms with Gasteiger partial charge in [0.05, 0.1) is 0 Å². The highest BCUT2D eigenvalue weighted by Gasteiger charge is 2.07. The monoisotopic (exact) mass is 250 g/mol. The van der Waals surface area contributed by atoms with E-state index in [1.54, 1.807) is 0 Å². The van der Waals surface area contributed by atoms with Crippen molar-refractivity contribution < 1.29 is 0 Å². The van der Waals surface area contributed by atoms with Gasteiger partial charge in [0.15, 0.2) is 0 Å². The molecule has 18 heavy (non-hydrogen) atoms. The summed E-state index contributed by atoms with van der Waals surface area (Å²) in [4.78, 5) is 1.02. The summed E-state index contributed by atoms with van der Waals surface area (Å²) in [6.07, 6.45) is 0. The average Bonchev–Trinajstić information content (AvgIpc) is 2.41. The van der Waals surface area contributed by atoms with E-state index in [1.165, 1.54) is 27.5 Å². The number of thiol groups is 1. The number of benzene rings is 3. The van der Waals surface area contributed by atoms with Crippen LogP contribution in [0.15, 0.2) is 65.6 Å².